The number of nitrogen functional groups attached to an aromatic ring is 1. The van der Waals surface area contributed by atoms with E-state index in [1.54, 1.807) is 12.1 Å². The first-order chi connectivity index (χ1) is 10.2. The smallest absolute Gasteiger partial charge is 0.274 e. The van der Waals surface area contributed by atoms with Gasteiger partial charge in [-0.1, -0.05) is 12.1 Å². The third-order valence-corrected chi connectivity index (χ3v) is 2.97. The van der Waals surface area contributed by atoms with Crippen molar-refractivity contribution in [1.29, 1.82) is 0 Å². The van der Waals surface area contributed by atoms with Crippen LogP contribution in [-0.2, 0) is 6.42 Å². The first kappa shape index (κ1) is 15.0. The van der Waals surface area contributed by atoms with Crippen LogP contribution in [0.25, 0.3) is 0 Å². The summed E-state index contributed by atoms with van der Waals surface area (Å²) < 4.78 is 0. The number of nitrogens with zero attached hydrogens (tertiary/aromatic N) is 1. The van der Waals surface area contributed by atoms with Crippen LogP contribution in [0.3, 0.4) is 0 Å². The lowest BCUT2D eigenvalue weighted by atomic mass is 10.1. The second kappa shape index (κ2) is 7.37. The van der Waals surface area contributed by atoms with Gasteiger partial charge in [0.1, 0.15) is 5.69 Å². The molecule has 110 valence electrons. The highest BCUT2D eigenvalue weighted by Gasteiger charge is 2.08. The molecule has 0 aliphatic carbocycles. The third-order valence-electron chi connectivity index (χ3n) is 2.97. The molecular weight excluding hydrogens is 268 g/mol. The van der Waals surface area contributed by atoms with Gasteiger partial charge in [0.05, 0.1) is 5.69 Å². The van der Waals surface area contributed by atoms with Gasteiger partial charge in [-0.05, 0) is 42.7 Å². The Morgan fingerprint density at radius 1 is 1.24 bits per heavy atom. The third kappa shape index (κ3) is 4.27. The van der Waals surface area contributed by atoms with E-state index in [2.05, 4.69) is 15.7 Å². The van der Waals surface area contributed by atoms with Crippen molar-refractivity contribution in [1.82, 2.24) is 4.98 Å². The number of hydrogen-bond acceptors (Lipinski definition) is 5. The molecule has 0 spiro atoms. The van der Waals surface area contributed by atoms with Gasteiger partial charge in [-0.2, -0.15) is 0 Å². The van der Waals surface area contributed by atoms with Gasteiger partial charge in [0.15, 0.2) is 0 Å². The molecule has 0 aliphatic heterocycles. The Balaban J connectivity index is 2.08. The molecule has 0 saturated carbocycles. The summed E-state index contributed by atoms with van der Waals surface area (Å²) in [6, 6.07) is 10.8. The molecule has 1 aromatic carbocycles. The van der Waals surface area contributed by atoms with Crippen molar-refractivity contribution >= 4 is 17.3 Å². The number of hydrazine groups is 1. The summed E-state index contributed by atoms with van der Waals surface area (Å²) >= 11 is 0. The van der Waals surface area contributed by atoms with Gasteiger partial charge in [-0.25, -0.2) is 0 Å². The number of amides is 1. The van der Waals surface area contributed by atoms with Crippen LogP contribution in [0.5, 0.6) is 0 Å². The van der Waals surface area contributed by atoms with E-state index < -0.39 is 0 Å². The molecule has 0 atom stereocenters. The van der Waals surface area contributed by atoms with Crippen LogP contribution in [-0.4, -0.2) is 22.6 Å². The van der Waals surface area contributed by atoms with Gasteiger partial charge < -0.3 is 15.8 Å². The fourth-order valence-corrected chi connectivity index (χ4v) is 1.93. The average molecular weight is 286 g/mol. The van der Waals surface area contributed by atoms with Crippen LogP contribution in [0, 0.1) is 0 Å². The summed E-state index contributed by atoms with van der Waals surface area (Å²) in [4.78, 5) is 16.1. The maximum absolute atomic E-state index is 12.1. The standard InChI is InChI=1S/C15H18N4O2/c16-19-13-6-7-17-14(10-13)15(21)18-12-5-1-3-11(9-12)4-2-8-20/h1,3,5-7,9-10,20H,2,4,8,16H2,(H,17,19)(H,18,21). The molecule has 0 unspecified atom stereocenters. The summed E-state index contributed by atoms with van der Waals surface area (Å²) in [5.41, 5.74) is 5.14. The Bertz CT molecular complexity index is 616. The Morgan fingerprint density at radius 2 is 2.10 bits per heavy atom. The molecule has 0 radical (unpaired) electrons. The van der Waals surface area contributed by atoms with Crippen LogP contribution in [0.1, 0.15) is 22.5 Å². The Hall–Kier alpha value is -2.44. The van der Waals surface area contributed by atoms with Crippen molar-refractivity contribution in [2.45, 2.75) is 12.8 Å². The monoisotopic (exact) mass is 286 g/mol. The van der Waals surface area contributed by atoms with Crippen LogP contribution < -0.4 is 16.6 Å². The number of nitrogens with two attached hydrogens (primary N) is 1. The quantitative estimate of drug-likeness (QED) is 0.477. The Morgan fingerprint density at radius 3 is 2.86 bits per heavy atom. The zero-order chi connectivity index (χ0) is 15.1. The fraction of sp³-hybridized carbons (Fsp3) is 0.200. The van der Waals surface area contributed by atoms with Crippen molar-refractivity contribution in [3.8, 4) is 0 Å². The van der Waals surface area contributed by atoms with Gasteiger partial charge in [0.2, 0.25) is 0 Å². The van der Waals surface area contributed by atoms with Crippen molar-refractivity contribution < 1.29 is 9.90 Å². The molecule has 1 amide bonds. The fourth-order valence-electron chi connectivity index (χ4n) is 1.93. The van der Waals surface area contributed by atoms with Crippen molar-refractivity contribution in [2.75, 3.05) is 17.3 Å². The maximum Gasteiger partial charge on any atom is 0.274 e. The molecule has 0 saturated heterocycles. The summed E-state index contributed by atoms with van der Waals surface area (Å²) in [6.45, 7) is 0.152. The molecule has 0 bridgehead atoms. The predicted octanol–water partition coefficient (Wildman–Crippen LogP) is 1.54. The first-order valence-electron chi connectivity index (χ1n) is 6.67. The number of benzene rings is 1. The zero-order valence-electron chi connectivity index (χ0n) is 11.5. The van der Waals surface area contributed by atoms with E-state index in [1.165, 1.54) is 6.20 Å². The largest absolute Gasteiger partial charge is 0.396 e. The number of aromatic nitrogens is 1. The molecule has 6 heteroatoms. The van der Waals surface area contributed by atoms with E-state index in [0.717, 1.165) is 12.0 Å². The first-order valence-corrected chi connectivity index (χ1v) is 6.67. The lowest BCUT2D eigenvalue weighted by molar-refractivity contribution is 0.102. The number of aliphatic hydroxyl groups excluding tert-OH is 1. The van der Waals surface area contributed by atoms with Gasteiger partial charge in [0, 0.05) is 18.5 Å². The maximum atomic E-state index is 12.1. The van der Waals surface area contributed by atoms with Crippen molar-refractivity contribution in [3.05, 3.63) is 53.9 Å². The zero-order valence-corrected chi connectivity index (χ0v) is 11.5. The Labute approximate surface area is 123 Å². The van der Waals surface area contributed by atoms with E-state index in [4.69, 9.17) is 10.9 Å². The minimum atomic E-state index is -0.300. The van der Waals surface area contributed by atoms with Gasteiger partial charge in [-0.15, -0.1) is 0 Å². The molecular formula is C15H18N4O2. The summed E-state index contributed by atoms with van der Waals surface area (Å²) in [5, 5.41) is 11.6. The van der Waals surface area contributed by atoms with E-state index in [9.17, 15) is 4.79 Å². The van der Waals surface area contributed by atoms with E-state index in [0.29, 0.717) is 17.8 Å². The van der Waals surface area contributed by atoms with Crippen LogP contribution in [0.15, 0.2) is 42.6 Å². The number of hydrogen-bond donors (Lipinski definition) is 4. The number of rotatable bonds is 6. The molecule has 0 fully saturated rings. The minimum absolute atomic E-state index is 0.152. The Kier molecular flexibility index (Phi) is 5.25. The number of anilines is 2. The molecule has 2 rings (SSSR count). The molecule has 5 N–H and O–H groups in total. The average Bonchev–Trinajstić information content (AvgIpc) is 2.53. The van der Waals surface area contributed by atoms with Gasteiger partial charge in [0.25, 0.3) is 5.91 Å². The van der Waals surface area contributed by atoms with Crippen LogP contribution in [0.2, 0.25) is 0 Å². The van der Waals surface area contributed by atoms with Crippen LogP contribution in [0.4, 0.5) is 11.4 Å². The number of carbonyl (C=O) groups is 1. The molecule has 6 nitrogen and oxygen atoms in total. The molecule has 1 heterocycles. The van der Waals surface area contributed by atoms with Crippen LogP contribution >= 0.6 is 0 Å². The highest BCUT2D eigenvalue weighted by Crippen LogP contribution is 2.14. The van der Waals surface area contributed by atoms with Crippen molar-refractivity contribution in [2.24, 2.45) is 5.84 Å². The lowest BCUT2D eigenvalue weighted by Gasteiger charge is -2.08. The van der Waals surface area contributed by atoms with Gasteiger partial charge >= 0.3 is 0 Å². The lowest BCUT2D eigenvalue weighted by Crippen LogP contribution is -2.15. The normalized spacial score (nSPS) is 10.2. The second-order valence-electron chi connectivity index (χ2n) is 4.56. The number of carbonyl (C=O) groups excluding carboxylic acids is 1. The number of pyridine rings is 1. The minimum Gasteiger partial charge on any atom is -0.396 e. The summed E-state index contributed by atoms with van der Waals surface area (Å²) in [7, 11) is 0. The molecule has 0 aliphatic rings. The summed E-state index contributed by atoms with van der Waals surface area (Å²) in [6.07, 6.45) is 2.98. The highest BCUT2D eigenvalue weighted by atomic mass is 16.2. The SMILES string of the molecule is NNc1ccnc(C(=O)Nc2cccc(CCCO)c2)c1. The van der Waals surface area contributed by atoms with E-state index in [-0.39, 0.29) is 18.2 Å². The van der Waals surface area contributed by atoms with Crippen molar-refractivity contribution in [3.63, 3.8) is 0 Å². The number of aryl methyl sites for hydroxylation is 1. The highest BCUT2D eigenvalue weighted by molar-refractivity contribution is 6.03. The summed E-state index contributed by atoms with van der Waals surface area (Å²) in [5.74, 6) is 5.01. The van der Waals surface area contributed by atoms with E-state index >= 15 is 0 Å². The number of aliphatic hydroxyl groups is 1. The van der Waals surface area contributed by atoms with Gasteiger partial charge in [-0.3, -0.25) is 15.6 Å². The molecule has 1 aromatic heterocycles. The molecule has 2 aromatic rings. The number of nitrogens with one attached hydrogen (secondary N) is 2. The predicted molar refractivity (Wildman–Crippen MR) is 81.8 cm³/mol. The second-order valence-corrected chi connectivity index (χ2v) is 4.56. The molecule has 21 heavy (non-hydrogen) atoms. The topological polar surface area (TPSA) is 100 Å². The van der Waals surface area contributed by atoms with E-state index in [1.807, 2.05) is 24.3 Å².